The highest BCUT2D eigenvalue weighted by Crippen LogP contribution is 2.30. The van der Waals surface area contributed by atoms with Crippen LogP contribution in [0, 0.1) is 0 Å². The van der Waals surface area contributed by atoms with Gasteiger partial charge >= 0.3 is 0 Å². The summed E-state index contributed by atoms with van der Waals surface area (Å²) in [6.45, 7) is 3.35. The molecule has 168 valence electrons. The van der Waals surface area contributed by atoms with Gasteiger partial charge < -0.3 is 15.1 Å². The summed E-state index contributed by atoms with van der Waals surface area (Å²) >= 11 is 0. The fourth-order valence-electron chi connectivity index (χ4n) is 4.72. The molecular weight excluding hydrogens is 396 g/mol. The molecule has 4 rings (SSSR count). The van der Waals surface area contributed by atoms with Crippen LogP contribution in [0.4, 0.5) is 5.82 Å². The first-order chi connectivity index (χ1) is 15.0. The number of amides is 3. The average molecular weight is 429 g/mol. The number of imide groups is 1. The molecule has 3 amide bonds. The maximum Gasteiger partial charge on any atom is 0.229 e. The van der Waals surface area contributed by atoms with Crippen molar-refractivity contribution < 1.29 is 14.4 Å². The van der Waals surface area contributed by atoms with Crippen LogP contribution in [0.2, 0.25) is 0 Å². The number of aromatic nitrogens is 2. The Morgan fingerprint density at radius 1 is 1.06 bits per heavy atom. The van der Waals surface area contributed by atoms with Crippen LogP contribution in [0.25, 0.3) is 0 Å². The van der Waals surface area contributed by atoms with E-state index >= 15 is 0 Å². The van der Waals surface area contributed by atoms with Crippen molar-refractivity contribution in [3.63, 3.8) is 0 Å². The quantitative estimate of drug-likeness (QED) is 0.702. The molecule has 1 aromatic heterocycles. The first-order valence-corrected chi connectivity index (χ1v) is 11.3. The van der Waals surface area contributed by atoms with Gasteiger partial charge in [-0.3, -0.25) is 19.3 Å². The topological polar surface area (TPSA) is 98.7 Å². The summed E-state index contributed by atoms with van der Waals surface area (Å²) in [6.07, 6.45) is 4.38. The minimum Gasteiger partial charge on any atom is -0.373 e. The van der Waals surface area contributed by atoms with Gasteiger partial charge in [-0.2, -0.15) is 0 Å². The van der Waals surface area contributed by atoms with Gasteiger partial charge in [0.1, 0.15) is 11.6 Å². The third-order valence-corrected chi connectivity index (χ3v) is 6.68. The first kappa shape index (κ1) is 21.7. The average Bonchev–Trinajstić information content (AvgIpc) is 2.78. The van der Waals surface area contributed by atoms with Gasteiger partial charge in [-0.1, -0.05) is 0 Å². The molecule has 0 aromatic carbocycles. The van der Waals surface area contributed by atoms with Gasteiger partial charge in [0.25, 0.3) is 0 Å². The second-order valence-corrected chi connectivity index (χ2v) is 8.79. The molecule has 2 fully saturated rings. The molecule has 0 saturated carbocycles. The van der Waals surface area contributed by atoms with Gasteiger partial charge in [0, 0.05) is 57.3 Å². The van der Waals surface area contributed by atoms with E-state index in [1.165, 1.54) is 4.90 Å². The number of carbonyl (C=O) groups excluding carboxylic acids is 3. The van der Waals surface area contributed by atoms with Crippen molar-refractivity contribution in [2.24, 2.45) is 0 Å². The Balaban J connectivity index is 1.42. The van der Waals surface area contributed by atoms with Crippen molar-refractivity contribution >= 4 is 23.5 Å². The third-order valence-electron chi connectivity index (χ3n) is 6.68. The lowest BCUT2D eigenvalue weighted by atomic mass is 9.95. The normalized spacial score (nSPS) is 20.7. The van der Waals surface area contributed by atoms with Crippen molar-refractivity contribution in [1.82, 2.24) is 24.7 Å². The predicted octanol–water partition coefficient (Wildman–Crippen LogP) is 1.14. The van der Waals surface area contributed by atoms with Crippen LogP contribution in [0.1, 0.15) is 61.5 Å². The molecule has 0 spiro atoms. The number of nitrogens with one attached hydrogen (secondary N) is 1. The van der Waals surface area contributed by atoms with Gasteiger partial charge in [-0.25, -0.2) is 9.97 Å². The highest BCUT2D eigenvalue weighted by atomic mass is 16.2. The fourth-order valence-corrected chi connectivity index (χ4v) is 4.72. The molecule has 9 nitrogen and oxygen atoms in total. The number of hydrogen-bond acceptors (Lipinski definition) is 7. The van der Waals surface area contributed by atoms with E-state index in [0.29, 0.717) is 44.7 Å². The number of anilines is 1. The highest BCUT2D eigenvalue weighted by molar-refractivity contribution is 5.97. The molecule has 1 N–H and O–H groups in total. The Bertz CT molecular complexity index is 832. The zero-order chi connectivity index (χ0) is 22.0. The van der Waals surface area contributed by atoms with Crippen molar-refractivity contribution in [3.05, 3.63) is 17.1 Å². The lowest BCUT2D eigenvalue weighted by Gasteiger charge is -2.32. The van der Waals surface area contributed by atoms with Gasteiger partial charge in [0.15, 0.2) is 0 Å². The molecule has 9 heteroatoms. The Labute approximate surface area is 183 Å². The number of fused-ring (bicyclic) bond motifs is 1. The molecule has 2 saturated heterocycles. The first-order valence-electron chi connectivity index (χ1n) is 11.3. The summed E-state index contributed by atoms with van der Waals surface area (Å²) in [5.74, 6) is 1.72. The minimum atomic E-state index is -0.166. The SMILES string of the molecule is CNc1nc(C2CCN(C)CC2)nc2c1CN(C(=O)CCN1C(=O)CCCC1=O)CC2. The zero-order valence-corrected chi connectivity index (χ0v) is 18.5. The highest BCUT2D eigenvalue weighted by Gasteiger charge is 2.30. The Morgan fingerprint density at radius 2 is 1.77 bits per heavy atom. The van der Waals surface area contributed by atoms with Crippen molar-refractivity contribution in [1.29, 1.82) is 0 Å². The predicted molar refractivity (Wildman–Crippen MR) is 115 cm³/mol. The fraction of sp³-hybridized carbons (Fsp3) is 0.682. The summed E-state index contributed by atoms with van der Waals surface area (Å²) in [5, 5.41) is 3.20. The van der Waals surface area contributed by atoms with Crippen LogP contribution in [0.3, 0.4) is 0 Å². The second kappa shape index (κ2) is 9.30. The second-order valence-electron chi connectivity index (χ2n) is 8.79. The maximum atomic E-state index is 12.8. The largest absolute Gasteiger partial charge is 0.373 e. The van der Waals surface area contributed by atoms with Crippen molar-refractivity contribution in [2.75, 3.05) is 45.6 Å². The molecule has 0 bridgehead atoms. The van der Waals surface area contributed by atoms with Gasteiger partial charge in [0.2, 0.25) is 17.7 Å². The van der Waals surface area contributed by atoms with Crippen LogP contribution in [-0.2, 0) is 27.3 Å². The summed E-state index contributed by atoms with van der Waals surface area (Å²) in [4.78, 5) is 51.8. The van der Waals surface area contributed by atoms with Crippen LogP contribution in [-0.4, -0.2) is 82.7 Å². The van der Waals surface area contributed by atoms with Crippen LogP contribution in [0.5, 0.6) is 0 Å². The standard InChI is InChI=1S/C22H32N6O3/c1-23-22-16-14-27(18(29)9-13-28-19(30)4-3-5-20(28)31)12-8-17(16)24-21(25-22)15-6-10-26(2)11-7-15/h15H,3-14H2,1-2H3,(H,23,24,25). The van der Waals surface area contributed by atoms with E-state index in [0.717, 1.165) is 48.8 Å². The molecule has 3 aliphatic heterocycles. The molecule has 4 heterocycles. The van der Waals surface area contributed by atoms with Crippen molar-refractivity contribution in [2.45, 2.75) is 57.4 Å². The molecule has 0 unspecified atom stereocenters. The smallest absolute Gasteiger partial charge is 0.229 e. The molecule has 31 heavy (non-hydrogen) atoms. The summed E-state index contributed by atoms with van der Waals surface area (Å²) in [7, 11) is 4.00. The van der Waals surface area contributed by atoms with Gasteiger partial charge in [-0.15, -0.1) is 0 Å². The number of carbonyl (C=O) groups is 3. The lowest BCUT2D eigenvalue weighted by molar-refractivity contribution is -0.148. The lowest BCUT2D eigenvalue weighted by Crippen LogP contribution is -2.43. The molecule has 1 aromatic rings. The van der Waals surface area contributed by atoms with Crippen LogP contribution < -0.4 is 5.32 Å². The number of rotatable bonds is 5. The molecular formula is C22H32N6O3. The third kappa shape index (κ3) is 4.71. The van der Waals surface area contributed by atoms with Crippen molar-refractivity contribution in [3.8, 4) is 0 Å². The maximum absolute atomic E-state index is 12.8. The number of hydrogen-bond donors (Lipinski definition) is 1. The number of nitrogens with zero attached hydrogens (tertiary/aromatic N) is 5. The summed E-state index contributed by atoms with van der Waals surface area (Å²) in [6, 6.07) is 0. The van der Waals surface area contributed by atoms with E-state index in [-0.39, 0.29) is 30.7 Å². The molecule has 0 aliphatic carbocycles. The van der Waals surface area contributed by atoms with E-state index in [1.54, 1.807) is 4.90 Å². The van der Waals surface area contributed by atoms with E-state index in [4.69, 9.17) is 9.97 Å². The van der Waals surface area contributed by atoms with Crippen LogP contribution in [0.15, 0.2) is 0 Å². The van der Waals surface area contributed by atoms with E-state index in [2.05, 4.69) is 17.3 Å². The minimum absolute atomic E-state index is 0.0433. The van der Waals surface area contributed by atoms with Gasteiger partial charge in [0.05, 0.1) is 12.2 Å². The Hall–Kier alpha value is -2.55. The van der Waals surface area contributed by atoms with Crippen LogP contribution >= 0.6 is 0 Å². The van der Waals surface area contributed by atoms with E-state index < -0.39 is 0 Å². The number of likely N-dealkylation sites (tertiary alicyclic amines) is 2. The van der Waals surface area contributed by atoms with E-state index in [9.17, 15) is 14.4 Å². The molecule has 3 aliphatic rings. The number of piperidine rings is 2. The van der Waals surface area contributed by atoms with E-state index in [1.807, 2.05) is 7.05 Å². The monoisotopic (exact) mass is 428 g/mol. The summed E-state index contributed by atoms with van der Waals surface area (Å²) < 4.78 is 0. The Morgan fingerprint density at radius 3 is 2.45 bits per heavy atom. The Kier molecular flexibility index (Phi) is 6.50. The molecule has 0 atom stereocenters. The summed E-state index contributed by atoms with van der Waals surface area (Å²) in [5.41, 5.74) is 2.00. The molecule has 0 radical (unpaired) electrons. The zero-order valence-electron chi connectivity index (χ0n) is 18.5. The van der Waals surface area contributed by atoms with Gasteiger partial charge in [-0.05, 0) is 39.4 Å².